The molecule has 3 rings (SSSR count). The molecule has 0 fully saturated rings. The second-order valence-electron chi connectivity index (χ2n) is 6.10. The Balaban J connectivity index is 1.86. The number of amides is 1. The molecule has 26 heavy (non-hydrogen) atoms. The normalized spacial score (nSPS) is 11.9. The zero-order valence-electron chi connectivity index (χ0n) is 14.4. The van der Waals surface area contributed by atoms with Gasteiger partial charge in [0.1, 0.15) is 12.1 Å². The monoisotopic (exact) mass is 347 g/mol. The van der Waals surface area contributed by atoms with E-state index in [1.165, 1.54) is 6.20 Å². The van der Waals surface area contributed by atoms with Gasteiger partial charge in [-0.25, -0.2) is 9.97 Å². The van der Waals surface area contributed by atoms with Crippen LogP contribution in [0.4, 0.5) is 0 Å². The van der Waals surface area contributed by atoms with Crippen LogP contribution < -0.4 is 5.32 Å². The van der Waals surface area contributed by atoms with Gasteiger partial charge in [-0.15, -0.1) is 0 Å². The van der Waals surface area contributed by atoms with Crippen LogP contribution in [-0.4, -0.2) is 32.3 Å². The number of rotatable bonds is 5. The lowest BCUT2D eigenvalue weighted by Crippen LogP contribution is -2.38. The highest BCUT2D eigenvalue weighted by Crippen LogP contribution is 2.17. The molecule has 0 saturated carbocycles. The van der Waals surface area contributed by atoms with Gasteiger partial charge in [0.05, 0.1) is 17.1 Å². The molecule has 2 heterocycles. The highest BCUT2D eigenvalue weighted by Gasteiger charge is 2.28. The number of fused-ring (bicyclic) bond motifs is 1. The number of imidazole rings is 1. The molecule has 0 spiro atoms. The molecule has 0 radical (unpaired) electrons. The summed E-state index contributed by atoms with van der Waals surface area (Å²) in [5, 5.41) is 11.8. The number of pyridine rings is 1. The largest absolute Gasteiger partial charge is 0.352 e. The summed E-state index contributed by atoms with van der Waals surface area (Å²) in [5.41, 5.74) is 1.94. The van der Waals surface area contributed by atoms with Crippen molar-refractivity contribution in [3.05, 3.63) is 54.5 Å². The van der Waals surface area contributed by atoms with Gasteiger partial charge in [-0.1, -0.05) is 12.1 Å². The number of carbonyl (C=O) groups is 2. The van der Waals surface area contributed by atoms with Gasteiger partial charge in [0, 0.05) is 17.8 Å². The maximum atomic E-state index is 12.5. The van der Waals surface area contributed by atoms with Crippen molar-refractivity contribution in [1.29, 1.82) is 5.26 Å². The summed E-state index contributed by atoms with van der Waals surface area (Å²) < 4.78 is 1.80. The Morgan fingerprint density at radius 3 is 2.58 bits per heavy atom. The molecule has 0 bridgehead atoms. The Labute approximate surface area is 150 Å². The molecule has 0 saturated heterocycles. The average molecular weight is 347 g/mol. The quantitative estimate of drug-likeness (QED) is 0.563. The Kier molecular flexibility index (Phi) is 4.76. The van der Waals surface area contributed by atoms with Crippen LogP contribution in [0.2, 0.25) is 0 Å². The number of hydrogen-bond donors (Lipinski definition) is 1. The van der Waals surface area contributed by atoms with E-state index in [2.05, 4.69) is 15.3 Å². The van der Waals surface area contributed by atoms with E-state index in [1.807, 2.05) is 24.3 Å². The molecule has 3 aromatic rings. The van der Waals surface area contributed by atoms with Crippen molar-refractivity contribution in [2.24, 2.45) is 5.92 Å². The fourth-order valence-corrected chi connectivity index (χ4v) is 2.59. The number of carbonyl (C=O) groups excluding carboxylic acids is 2. The van der Waals surface area contributed by atoms with Gasteiger partial charge in [0.2, 0.25) is 5.91 Å². The molecule has 130 valence electrons. The summed E-state index contributed by atoms with van der Waals surface area (Å²) in [6, 6.07) is 12.5. The van der Waals surface area contributed by atoms with Gasteiger partial charge in [-0.3, -0.25) is 14.2 Å². The van der Waals surface area contributed by atoms with E-state index in [0.29, 0.717) is 5.82 Å². The van der Waals surface area contributed by atoms with Crippen LogP contribution in [0, 0.1) is 17.2 Å². The third kappa shape index (κ3) is 3.30. The number of Topliss-reactive ketones (excluding diaryl/α,β-unsaturated/α-hetero) is 1. The first-order valence-corrected chi connectivity index (χ1v) is 8.14. The molecular weight excluding hydrogens is 330 g/mol. The fourth-order valence-electron chi connectivity index (χ4n) is 2.59. The number of nitriles is 1. The summed E-state index contributed by atoms with van der Waals surface area (Å²) in [4.78, 5) is 33.1. The highest BCUT2D eigenvalue weighted by molar-refractivity contribution is 6.12. The molecule has 0 aliphatic rings. The maximum absolute atomic E-state index is 12.5. The van der Waals surface area contributed by atoms with E-state index in [0.717, 1.165) is 11.0 Å². The van der Waals surface area contributed by atoms with Crippen molar-refractivity contribution < 1.29 is 9.59 Å². The average Bonchev–Trinajstić information content (AvgIpc) is 3.06. The number of hydrogen-bond acceptors (Lipinski definition) is 5. The van der Waals surface area contributed by atoms with Gasteiger partial charge in [0.15, 0.2) is 11.7 Å². The van der Waals surface area contributed by atoms with Gasteiger partial charge >= 0.3 is 0 Å². The van der Waals surface area contributed by atoms with Crippen LogP contribution >= 0.6 is 0 Å². The van der Waals surface area contributed by atoms with E-state index in [1.54, 1.807) is 42.9 Å². The van der Waals surface area contributed by atoms with Crippen molar-refractivity contribution in [1.82, 2.24) is 19.9 Å². The Morgan fingerprint density at radius 2 is 1.92 bits per heavy atom. The molecule has 0 aliphatic heterocycles. The van der Waals surface area contributed by atoms with Gasteiger partial charge in [-0.2, -0.15) is 5.26 Å². The summed E-state index contributed by atoms with van der Waals surface area (Å²) in [6.07, 6.45) is 3.03. The molecular formula is C19H17N5O2. The third-order valence-electron chi connectivity index (χ3n) is 3.82. The minimum atomic E-state index is -1.39. The molecule has 0 aliphatic carbocycles. The SMILES string of the molecule is CC(C)NC(=O)[C@@H](C#N)C(=O)c1ccc(-n2cnc3ccccc32)nc1. The van der Waals surface area contributed by atoms with Gasteiger partial charge in [0.25, 0.3) is 0 Å². The number of nitrogens with zero attached hydrogens (tertiary/aromatic N) is 4. The molecule has 7 heteroatoms. The van der Waals surface area contributed by atoms with Crippen molar-refractivity contribution in [2.45, 2.75) is 19.9 Å². The minimum Gasteiger partial charge on any atom is -0.352 e. The number of nitrogens with one attached hydrogen (secondary N) is 1. The topological polar surface area (TPSA) is 101 Å². The van der Waals surface area contributed by atoms with Crippen molar-refractivity contribution in [2.75, 3.05) is 0 Å². The van der Waals surface area contributed by atoms with Crippen molar-refractivity contribution in [3.63, 3.8) is 0 Å². The van der Waals surface area contributed by atoms with Crippen molar-refractivity contribution >= 4 is 22.7 Å². The smallest absolute Gasteiger partial charge is 0.245 e. The number of benzene rings is 1. The number of aromatic nitrogens is 3. The minimum absolute atomic E-state index is 0.152. The zero-order valence-corrected chi connectivity index (χ0v) is 14.4. The first kappa shape index (κ1) is 17.3. The van der Waals surface area contributed by atoms with Crippen LogP contribution in [0.1, 0.15) is 24.2 Å². The first-order valence-electron chi connectivity index (χ1n) is 8.14. The summed E-state index contributed by atoms with van der Waals surface area (Å²) >= 11 is 0. The first-order chi connectivity index (χ1) is 12.5. The molecule has 1 N–H and O–H groups in total. The van der Waals surface area contributed by atoms with E-state index >= 15 is 0 Å². The van der Waals surface area contributed by atoms with Gasteiger partial charge in [-0.05, 0) is 38.1 Å². The third-order valence-corrected chi connectivity index (χ3v) is 3.82. The van der Waals surface area contributed by atoms with E-state index in [-0.39, 0.29) is 11.6 Å². The van der Waals surface area contributed by atoms with Crippen molar-refractivity contribution in [3.8, 4) is 11.9 Å². The lowest BCUT2D eigenvalue weighted by Gasteiger charge is -2.12. The highest BCUT2D eigenvalue weighted by atomic mass is 16.2. The molecule has 1 amide bonds. The second-order valence-corrected chi connectivity index (χ2v) is 6.10. The maximum Gasteiger partial charge on any atom is 0.245 e. The molecule has 1 atom stereocenters. The Hall–Kier alpha value is -3.53. The van der Waals surface area contributed by atoms with Gasteiger partial charge < -0.3 is 5.32 Å². The van der Waals surface area contributed by atoms with E-state index < -0.39 is 17.6 Å². The summed E-state index contributed by atoms with van der Waals surface area (Å²) in [6.45, 7) is 3.53. The van der Waals surface area contributed by atoms with E-state index in [9.17, 15) is 14.9 Å². The number of para-hydroxylation sites is 2. The Morgan fingerprint density at radius 1 is 1.15 bits per heavy atom. The molecule has 7 nitrogen and oxygen atoms in total. The number of ketones is 1. The molecule has 2 aromatic heterocycles. The molecule has 1 aromatic carbocycles. The van der Waals surface area contributed by atoms with Crippen LogP contribution in [0.15, 0.2) is 48.9 Å². The Bertz CT molecular complexity index is 999. The zero-order chi connectivity index (χ0) is 18.7. The van der Waals surface area contributed by atoms with Crippen LogP contribution in [-0.2, 0) is 4.79 Å². The van der Waals surface area contributed by atoms with E-state index in [4.69, 9.17) is 0 Å². The lowest BCUT2D eigenvalue weighted by molar-refractivity contribution is -0.122. The molecule has 0 unspecified atom stereocenters. The standard InChI is InChI=1S/C19H17N5O2/c1-12(2)23-19(26)14(9-20)18(25)13-7-8-17(21-10-13)24-11-22-15-5-3-4-6-16(15)24/h3-8,10-12,14H,1-2H3,(H,23,26)/t14-/m0/s1. The fraction of sp³-hybridized carbons (Fsp3) is 0.211. The van der Waals surface area contributed by atoms with Crippen LogP contribution in [0.25, 0.3) is 16.9 Å². The second kappa shape index (κ2) is 7.15. The predicted molar refractivity (Wildman–Crippen MR) is 95.6 cm³/mol. The summed E-state index contributed by atoms with van der Waals surface area (Å²) in [7, 11) is 0. The summed E-state index contributed by atoms with van der Waals surface area (Å²) in [5.74, 6) is -1.97. The predicted octanol–water partition coefficient (Wildman–Crippen LogP) is 2.27. The van der Waals surface area contributed by atoms with Crippen LogP contribution in [0.3, 0.4) is 0 Å². The van der Waals surface area contributed by atoms with Crippen LogP contribution in [0.5, 0.6) is 0 Å². The lowest BCUT2D eigenvalue weighted by atomic mass is 9.99.